The highest BCUT2D eigenvalue weighted by Crippen LogP contribution is 2.28. The number of anilines is 1. The normalized spacial score (nSPS) is 10.8. The second-order valence-electron chi connectivity index (χ2n) is 2.48. The van der Waals surface area contributed by atoms with E-state index in [2.05, 4.69) is 0 Å². The molecule has 0 aromatic heterocycles. The summed E-state index contributed by atoms with van der Waals surface area (Å²) < 4.78 is 18.0. The van der Waals surface area contributed by atoms with Gasteiger partial charge in [-0.3, -0.25) is 0 Å². The average molecular weight is 236 g/mol. The number of benzene rings is 1. The molecule has 0 unspecified atom stereocenters. The number of nitrogen functional groups attached to an aromatic ring is 1. The predicted molar refractivity (Wildman–Crippen MR) is 56.3 cm³/mol. The molecule has 2 N–H and O–H groups in total. The summed E-state index contributed by atoms with van der Waals surface area (Å²) in [5.41, 5.74) is 6.66. The van der Waals surface area contributed by atoms with Crippen LogP contribution in [0.3, 0.4) is 0 Å². The molecule has 0 aliphatic heterocycles. The number of halogens is 3. The van der Waals surface area contributed by atoms with Gasteiger partial charge in [-0.1, -0.05) is 23.2 Å². The second kappa shape index (κ2) is 5.08. The van der Waals surface area contributed by atoms with Gasteiger partial charge in [0.2, 0.25) is 0 Å². The van der Waals surface area contributed by atoms with Crippen molar-refractivity contribution in [3.05, 3.63) is 34.6 Å². The van der Waals surface area contributed by atoms with Gasteiger partial charge in [0.15, 0.2) is 0 Å². The van der Waals surface area contributed by atoms with Gasteiger partial charge in [-0.2, -0.15) is 0 Å². The molecular formula is C9H8Cl2FNO. The minimum absolute atomic E-state index is 0.000692. The zero-order chi connectivity index (χ0) is 10.6. The largest absolute Gasteiger partial charge is 0.488 e. The van der Waals surface area contributed by atoms with Gasteiger partial charge >= 0.3 is 0 Å². The molecule has 1 rings (SSSR count). The quantitative estimate of drug-likeness (QED) is 0.818. The molecular weight excluding hydrogens is 228 g/mol. The third kappa shape index (κ3) is 2.79. The number of nitrogens with two attached hydrogens (primary N) is 1. The Hall–Kier alpha value is -0.930. The van der Waals surface area contributed by atoms with Crippen molar-refractivity contribution in [3.63, 3.8) is 0 Å². The van der Waals surface area contributed by atoms with Gasteiger partial charge in [0.25, 0.3) is 0 Å². The van der Waals surface area contributed by atoms with Gasteiger partial charge in [0.1, 0.15) is 18.2 Å². The highest BCUT2D eigenvalue weighted by molar-refractivity contribution is 6.32. The van der Waals surface area contributed by atoms with Gasteiger partial charge < -0.3 is 10.5 Å². The van der Waals surface area contributed by atoms with Gasteiger partial charge in [-0.25, -0.2) is 4.39 Å². The molecule has 1 aromatic rings. The third-order valence-corrected chi connectivity index (χ3v) is 1.95. The van der Waals surface area contributed by atoms with Crippen LogP contribution >= 0.6 is 23.2 Å². The van der Waals surface area contributed by atoms with Crippen LogP contribution in [0.25, 0.3) is 0 Å². The lowest BCUT2D eigenvalue weighted by Gasteiger charge is -2.06. The minimum atomic E-state index is -0.560. The Morgan fingerprint density at radius 2 is 2.21 bits per heavy atom. The Morgan fingerprint density at radius 1 is 1.50 bits per heavy atom. The molecule has 14 heavy (non-hydrogen) atoms. The summed E-state index contributed by atoms with van der Waals surface area (Å²) in [6, 6.07) is 2.44. The molecule has 0 heterocycles. The van der Waals surface area contributed by atoms with Gasteiger partial charge in [0.05, 0.1) is 10.7 Å². The maximum Gasteiger partial charge on any atom is 0.147 e. The molecule has 0 spiro atoms. The molecule has 2 nitrogen and oxygen atoms in total. The first kappa shape index (κ1) is 11.1. The van der Waals surface area contributed by atoms with Crippen molar-refractivity contribution in [1.82, 2.24) is 0 Å². The first-order valence-corrected chi connectivity index (χ1v) is 4.59. The molecule has 5 heteroatoms. The van der Waals surface area contributed by atoms with E-state index in [-0.39, 0.29) is 17.3 Å². The fourth-order valence-electron chi connectivity index (χ4n) is 0.830. The maximum absolute atomic E-state index is 12.8. The SMILES string of the molecule is Nc1cc(OC/C=C/Cl)c(Cl)cc1F. The van der Waals surface area contributed by atoms with Crippen molar-refractivity contribution in [2.75, 3.05) is 12.3 Å². The summed E-state index contributed by atoms with van der Waals surface area (Å²) in [6.07, 6.45) is 1.58. The summed E-state index contributed by atoms with van der Waals surface area (Å²) in [6.45, 7) is 0.258. The fourth-order valence-corrected chi connectivity index (χ4v) is 1.11. The number of hydrogen-bond acceptors (Lipinski definition) is 2. The van der Waals surface area contributed by atoms with E-state index in [0.717, 1.165) is 6.07 Å². The fraction of sp³-hybridized carbons (Fsp3) is 0.111. The highest BCUT2D eigenvalue weighted by Gasteiger charge is 2.06. The van der Waals surface area contributed by atoms with Crippen LogP contribution in [0.15, 0.2) is 23.7 Å². The van der Waals surface area contributed by atoms with Gasteiger partial charge in [-0.15, -0.1) is 0 Å². The molecule has 0 fully saturated rings. The topological polar surface area (TPSA) is 35.2 Å². The molecule has 1 aromatic carbocycles. The lowest BCUT2D eigenvalue weighted by molar-refractivity contribution is 0.363. The summed E-state index contributed by atoms with van der Waals surface area (Å²) >= 11 is 11.0. The number of ether oxygens (including phenoxy) is 1. The van der Waals surface area contributed by atoms with E-state index >= 15 is 0 Å². The Kier molecular flexibility index (Phi) is 4.04. The Labute approximate surface area is 91.1 Å². The van der Waals surface area contributed by atoms with Crippen molar-refractivity contribution in [3.8, 4) is 5.75 Å². The molecule has 0 saturated carbocycles. The maximum atomic E-state index is 12.8. The number of hydrogen-bond donors (Lipinski definition) is 1. The zero-order valence-electron chi connectivity index (χ0n) is 7.14. The zero-order valence-corrected chi connectivity index (χ0v) is 8.65. The van der Waals surface area contributed by atoms with E-state index in [1.54, 1.807) is 6.08 Å². The van der Waals surface area contributed by atoms with E-state index < -0.39 is 5.82 Å². The van der Waals surface area contributed by atoms with Crippen LogP contribution in [0, 0.1) is 5.82 Å². The van der Waals surface area contributed by atoms with Crippen molar-refractivity contribution in [2.45, 2.75) is 0 Å². The van der Waals surface area contributed by atoms with Crippen LogP contribution in [0.2, 0.25) is 5.02 Å². The van der Waals surface area contributed by atoms with Crippen LogP contribution in [-0.2, 0) is 0 Å². The standard InChI is InChI=1S/C9H8Cl2FNO/c10-2-1-3-14-9-5-8(13)7(12)4-6(9)11/h1-2,4-5H,3,13H2/b2-1+. The Balaban J connectivity index is 2.81. The lowest BCUT2D eigenvalue weighted by Crippen LogP contribution is -1.97. The lowest BCUT2D eigenvalue weighted by atomic mass is 10.3. The molecule has 0 bridgehead atoms. The van der Waals surface area contributed by atoms with Gasteiger partial charge in [-0.05, 0) is 12.1 Å². The molecule has 0 saturated heterocycles. The van der Waals surface area contributed by atoms with Crippen LogP contribution < -0.4 is 10.5 Å². The molecule has 0 aliphatic rings. The monoisotopic (exact) mass is 235 g/mol. The van der Waals surface area contributed by atoms with E-state index in [0.29, 0.717) is 5.75 Å². The smallest absolute Gasteiger partial charge is 0.147 e. The predicted octanol–water partition coefficient (Wildman–Crippen LogP) is 3.19. The summed E-state index contributed by atoms with van der Waals surface area (Å²) in [4.78, 5) is 0. The summed E-state index contributed by atoms with van der Waals surface area (Å²) in [7, 11) is 0. The molecule has 76 valence electrons. The Bertz CT molecular complexity index is 355. The van der Waals surface area contributed by atoms with E-state index in [9.17, 15) is 4.39 Å². The van der Waals surface area contributed by atoms with Crippen LogP contribution in [0.4, 0.5) is 10.1 Å². The van der Waals surface area contributed by atoms with Crippen LogP contribution in [0.1, 0.15) is 0 Å². The number of rotatable bonds is 3. The molecule has 0 amide bonds. The first-order valence-electron chi connectivity index (χ1n) is 3.77. The van der Waals surface area contributed by atoms with E-state index in [1.165, 1.54) is 11.6 Å². The average Bonchev–Trinajstić information content (AvgIpc) is 2.14. The van der Waals surface area contributed by atoms with Crippen molar-refractivity contribution in [1.29, 1.82) is 0 Å². The van der Waals surface area contributed by atoms with Crippen molar-refractivity contribution < 1.29 is 9.13 Å². The highest BCUT2D eigenvalue weighted by atomic mass is 35.5. The first-order chi connectivity index (χ1) is 6.65. The minimum Gasteiger partial charge on any atom is -0.488 e. The third-order valence-electron chi connectivity index (χ3n) is 1.48. The molecule has 0 atom stereocenters. The second-order valence-corrected chi connectivity index (χ2v) is 3.14. The Morgan fingerprint density at radius 3 is 2.86 bits per heavy atom. The molecule has 0 radical (unpaired) electrons. The van der Waals surface area contributed by atoms with Crippen molar-refractivity contribution in [2.24, 2.45) is 0 Å². The van der Waals surface area contributed by atoms with Crippen molar-refractivity contribution >= 4 is 28.9 Å². The molecule has 0 aliphatic carbocycles. The van der Waals surface area contributed by atoms with Crippen LogP contribution in [0.5, 0.6) is 5.75 Å². The summed E-state index contributed by atoms with van der Waals surface area (Å²) in [5.74, 6) is -0.226. The van der Waals surface area contributed by atoms with Gasteiger partial charge in [0, 0.05) is 11.6 Å². The summed E-state index contributed by atoms with van der Waals surface area (Å²) in [5, 5.41) is 0.180. The van der Waals surface area contributed by atoms with Crippen LogP contribution in [-0.4, -0.2) is 6.61 Å². The van der Waals surface area contributed by atoms with E-state index in [1.807, 2.05) is 0 Å². The van der Waals surface area contributed by atoms with E-state index in [4.69, 9.17) is 33.7 Å².